The standard InChI is InChI=1S/C18H22N2O2S/c1-3-15(16-9-5-4-6-10-16)13-19-18(21)14(2)23-17-11-7-8-12-20(17)22/h4-12,14-15H,3,13H2,1-2H3,(H,19,21)/t14-,15-/m0/s1. The van der Waals surface area contributed by atoms with Crippen LogP contribution < -0.4 is 10.0 Å². The third-order valence-corrected chi connectivity index (χ3v) is 4.87. The second-order valence-electron chi connectivity index (χ2n) is 5.39. The fraction of sp³-hybridized carbons (Fsp3) is 0.333. The summed E-state index contributed by atoms with van der Waals surface area (Å²) >= 11 is 1.27. The Kier molecular flexibility index (Phi) is 6.47. The smallest absolute Gasteiger partial charge is 0.252 e. The Labute approximate surface area is 141 Å². The molecule has 1 N–H and O–H groups in total. The molecule has 0 radical (unpaired) electrons. The predicted molar refractivity (Wildman–Crippen MR) is 93.2 cm³/mol. The van der Waals surface area contributed by atoms with Crippen molar-refractivity contribution in [3.05, 3.63) is 65.5 Å². The normalized spacial score (nSPS) is 13.3. The van der Waals surface area contributed by atoms with Gasteiger partial charge in [0.15, 0.2) is 6.20 Å². The second kappa shape index (κ2) is 8.58. The zero-order valence-corrected chi connectivity index (χ0v) is 14.3. The maximum atomic E-state index is 12.3. The van der Waals surface area contributed by atoms with E-state index >= 15 is 0 Å². The van der Waals surface area contributed by atoms with Gasteiger partial charge in [-0.1, -0.05) is 37.3 Å². The van der Waals surface area contributed by atoms with E-state index in [9.17, 15) is 10.0 Å². The highest BCUT2D eigenvalue weighted by atomic mass is 32.2. The quantitative estimate of drug-likeness (QED) is 0.482. The van der Waals surface area contributed by atoms with Gasteiger partial charge in [-0.25, -0.2) is 0 Å². The molecule has 0 saturated heterocycles. The lowest BCUT2D eigenvalue weighted by Gasteiger charge is -2.18. The van der Waals surface area contributed by atoms with Crippen LogP contribution in [0.15, 0.2) is 59.8 Å². The van der Waals surface area contributed by atoms with Gasteiger partial charge in [0.25, 0.3) is 5.03 Å². The Bertz CT molecular complexity index is 634. The summed E-state index contributed by atoms with van der Waals surface area (Å²) in [5, 5.41) is 14.9. The van der Waals surface area contributed by atoms with Crippen LogP contribution in [0.3, 0.4) is 0 Å². The van der Waals surface area contributed by atoms with Gasteiger partial charge in [-0.2, -0.15) is 4.73 Å². The SMILES string of the molecule is CC[C@@H](CNC(=O)[C@H](C)Sc1cccc[n+]1[O-])c1ccccc1. The minimum atomic E-state index is -0.314. The van der Waals surface area contributed by atoms with E-state index in [2.05, 4.69) is 24.4 Å². The molecule has 0 aliphatic heterocycles. The predicted octanol–water partition coefficient (Wildman–Crippen LogP) is 3.11. The number of nitrogens with one attached hydrogen (secondary N) is 1. The number of hydrogen-bond acceptors (Lipinski definition) is 3. The summed E-state index contributed by atoms with van der Waals surface area (Å²) in [6, 6.07) is 15.4. The first-order valence-electron chi connectivity index (χ1n) is 7.79. The van der Waals surface area contributed by atoms with E-state index in [0.717, 1.165) is 11.2 Å². The zero-order chi connectivity index (χ0) is 16.7. The van der Waals surface area contributed by atoms with E-state index in [-0.39, 0.29) is 11.2 Å². The summed E-state index contributed by atoms with van der Waals surface area (Å²) in [6.45, 7) is 4.54. The number of benzene rings is 1. The lowest BCUT2D eigenvalue weighted by Crippen LogP contribution is -2.35. The number of nitrogens with zero attached hydrogens (tertiary/aromatic N) is 1. The highest BCUT2D eigenvalue weighted by Gasteiger charge is 2.19. The van der Waals surface area contributed by atoms with Crippen LogP contribution in [0.4, 0.5) is 0 Å². The van der Waals surface area contributed by atoms with Gasteiger partial charge in [0.2, 0.25) is 5.91 Å². The Morgan fingerprint density at radius 2 is 1.91 bits per heavy atom. The van der Waals surface area contributed by atoms with Gasteiger partial charge < -0.3 is 10.5 Å². The summed E-state index contributed by atoms with van der Waals surface area (Å²) < 4.78 is 0.785. The molecule has 122 valence electrons. The van der Waals surface area contributed by atoms with Crippen molar-refractivity contribution in [3.8, 4) is 0 Å². The number of carbonyl (C=O) groups excluding carboxylic acids is 1. The molecule has 1 amide bonds. The molecule has 2 rings (SSSR count). The second-order valence-corrected chi connectivity index (χ2v) is 6.75. The van der Waals surface area contributed by atoms with Gasteiger partial charge in [-0.05, 0) is 36.7 Å². The van der Waals surface area contributed by atoms with Gasteiger partial charge in [0, 0.05) is 24.6 Å². The minimum absolute atomic E-state index is 0.0479. The van der Waals surface area contributed by atoms with Gasteiger partial charge in [-0.15, -0.1) is 0 Å². The molecule has 4 nitrogen and oxygen atoms in total. The van der Waals surface area contributed by atoms with E-state index in [0.29, 0.717) is 17.5 Å². The van der Waals surface area contributed by atoms with Crippen LogP contribution in [-0.4, -0.2) is 17.7 Å². The van der Waals surface area contributed by atoms with Crippen molar-refractivity contribution in [3.63, 3.8) is 0 Å². The topological polar surface area (TPSA) is 56.0 Å². The maximum Gasteiger partial charge on any atom is 0.252 e. The van der Waals surface area contributed by atoms with Crippen molar-refractivity contribution in [1.82, 2.24) is 5.32 Å². The van der Waals surface area contributed by atoms with Gasteiger partial charge in [0.1, 0.15) is 0 Å². The molecule has 1 aromatic carbocycles. The molecule has 0 aliphatic carbocycles. The van der Waals surface area contributed by atoms with Gasteiger partial charge >= 0.3 is 0 Å². The van der Waals surface area contributed by atoms with Crippen LogP contribution in [0.25, 0.3) is 0 Å². The minimum Gasteiger partial charge on any atom is -0.618 e. The van der Waals surface area contributed by atoms with Gasteiger partial charge in [0.05, 0.1) is 5.25 Å². The Balaban J connectivity index is 1.89. The van der Waals surface area contributed by atoms with Gasteiger partial charge in [-0.3, -0.25) is 4.79 Å². The number of hydrogen-bond donors (Lipinski definition) is 1. The number of thioether (sulfide) groups is 1. The van der Waals surface area contributed by atoms with Crippen molar-refractivity contribution in [1.29, 1.82) is 0 Å². The van der Waals surface area contributed by atoms with Crippen LogP contribution in [0.5, 0.6) is 0 Å². The first-order chi connectivity index (χ1) is 11.1. The monoisotopic (exact) mass is 330 g/mol. The summed E-state index contributed by atoms with van der Waals surface area (Å²) in [4.78, 5) is 12.3. The van der Waals surface area contributed by atoms with Crippen LogP contribution in [-0.2, 0) is 4.79 Å². The molecular formula is C18H22N2O2S. The Morgan fingerprint density at radius 1 is 1.22 bits per heavy atom. The molecular weight excluding hydrogens is 308 g/mol. The highest BCUT2D eigenvalue weighted by molar-refractivity contribution is 8.00. The third-order valence-electron chi connectivity index (χ3n) is 3.74. The molecule has 2 aromatic rings. The molecule has 0 aliphatic rings. The number of rotatable bonds is 7. The molecule has 23 heavy (non-hydrogen) atoms. The third kappa shape index (κ3) is 4.99. The number of aromatic nitrogens is 1. The first-order valence-corrected chi connectivity index (χ1v) is 8.67. The van der Waals surface area contributed by atoms with Crippen molar-refractivity contribution >= 4 is 17.7 Å². The molecule has 0 spiro atoms. The van der Waals surface area contributed by atoms with Crippen molar-refractivity contribution < 1.29 is 9.52 Å². The van der Waals surface area contributed by atoms with E-state index in [1.165, 1.54) is 23.5 Å². The largest absolute Gasteiger partial charge is 0.618 e. The summed E-state index contributed by atoms with van der Waals surface area (Å²) in [5.41, 5.74) is 1.23. The van der Waals surface area contributed by atoms with Crippen LogP contribution in [0, 0.1) is 5.21 Å². The Hall–Kier alpha value is -2.01. The molecule has 1 heterocycles. The number of pyridine rings is 1. The van der Waals surface area contributed by atoms with Crippen molar-refractivity contribution in [2.75, 3.05) is 6.54 Å². The van der Waals surface area contributed by atoms with Crippen LogP contribution in [0.2, 0.25) is 0 Å². The van der Waals surface area contributed by atoms with E-state index in [1.807, 2.05) is 25.1 Å². The first kappa shape index (κ1) is 17.3. The average Bonchev–Trinajstić information content (AvgIpc) is 2.58. The molecule has 0 saturated carbocycles. The lowest BCUT2D eigenvalue weighted by atomic mass is 9.96. The van der Waals surface area contributed by atoms with Crippen LogP contribution in [0.1, 0.15) is 31.7 Å². The van der Waals surface area contributed by atoms with E-state index in [1.54, 1.807) is 18.2 Å². The fourth-order valence-electron chi connectivity index (χ4n) is 2.33. The van der Waals surface area contributed by atoms with Crippen molar-refractivity contribution in [2.45, 2.75) is 36.5 Å². The number of carbonyl (C=O) groups is 1. The van der Waals surface area contributed by atoms with E-state index < -0.39 is 0 Å². The molecule has 0 fully saturated rings. The van der Waals surface area contributed by atoms with E-state index in [4.69, 9.17) is 0 Å². The molecule has 5 heteroatoms. The van der Waals surface area contributed by atoms with Crippen LogP contribution >= 0.6 is 11.8 Å². The highest BCUT2D eigenvalue weighted by Crippen LogP contribution is 2.21. The maximum absolute atomic E-state index is 12.3. The average molecular weight is 330 g/mol. The molecule has 0 unspecified atom stereocenters. The molecule has 0 bridgehead atoms. The summed E-state index contributed by atoms with van der Waals surface area (Å²) in [6.07, 6.45) is 2.40. The lowest BCUT2D eigenvalue weighted by molar-refractivity contribution is -0.645. The molecule has 2 atom stereocenters. The number of amides is 1. The summed E-state index contributed by atoms with van der Waals surface area (Å²) in [5.74, 6) is 0.256. The van der Waals surface area contributed by atoms with Crippen molar-refractivity contribution in [2.24, 2.45) is 0 Å². The molecule has 1 aromatic heterocycles. The summed E-state index contributed by atoms with van der Waals surface area (Å²) in [7, 11) is 0. The fourth-order valence-corrected chi connectivity index (χ4v) is 3.20. The zero-order valence-electron chi connectivity index (χ0n) is 13.4. The Morgan fingerprint density at radius 3 is 2.57 bits per heavy atom.